The van der Waals surface area contributed by atoms with E-state index in [1.54, 1.807) is 0 Å². The van der Waals surface area contributed by atoms with Crippen molar-refractivity contribution in [3.63, 3.8) is 0 Å². The van der Waals surface area contributed by atoms with Gasteiger partial charge in [0.1, 0.15) is 5.75 Å². The van der Waals surface area contributed by atoms with Crippen molar-refractivity contribution in [3.8, 4) is 28.3 Å². The number of aromatic nitrogens is 2. The van der Waals surface area contributed by atoms with Crippen LogP contribution in [0.4, 0.5) is 0 Å². The van der Waals surface area contributed by atoms with E-state index in [1.807, 2.05) is 0 Å². The zero-order valence-corrected chi connectivity index (χ0v) is 17.9. The number of rotatable bonds is 1. The molecule has 3 aromatic rings. The Balaban J connectivity index is 1.57. The maximum atomic E-state index is 6.84. The Bertz CT molecular complexity index is 964. The summed E-state index contributed by atoms with van der Waals surface area (Å²) in [6, 6.07) is 21.3. The molecule has 2 aromatic carbocycles. The predicted molar refractivity (Wildman–Crippen MR) is 122 cm³/mol. The molecule has 1 fully saturated rings. The predicted octanol–water partition coefficient (Wildman–Crippen LogP) is 7.57. The molecule has 1 aliphatic heterocycles. The third-order valence-corrected chi connectivity index (χ3v) is 6.76. The number of para-hydroxylation sites is 1. The van der Waals surface area contributed by atoms with Crippen LogP contribution in [0.15, 0.2) is 60.7 Å². The molecule has 0 radical (unpaired) electrons. The van der Waals surface area contributed by atoms with Gasteiger partial charge in [-0.3, -0.25) is 0 Å². The van der Waals surface area contributed by atoms with Gasteiger partial charge in [-0.15, -0.1) is 0 Å². The Morgan fingerprint density at radius 2 is 1.30 bits per heavy atom. The lowest BCUT2D eigenvalue weighted by atomic mass is 9.93. The van der Waals surface area contributed by atoms with E-state index < -0.39 is 0 Å². The van der Waals surface area contributed by atoms with Gasteiger partial charge in [0.2, 0.25) is 5.72 Å². The monoisotopic (exact) mass is 400 g/mol. The van der Waals surface area contributed by atoms with Crippen molar-refractivity contribution in [2.75, 3.05) is 0 Å². The molecular weight excluding hydrogens is 368 g/mol. The summed E-state index contributed by atoms with van der Waals surface area (Å²) in [6.07, 6.45) is 13.9. The quantitative estimate of drug-likeness (QED) is 0.421. The molecule has 0 N–H and O–H groups in total. The molecule has 30 heavy (non-hydrogen) atoms. The fourth-order valence-corrected chi connectivity index (χ4v) is 5.13. The molecule has 0 unspecified atom stereocenters. The Morgan fingerprint density at radius 1 is 0.700 bits per heavy atom. The first-order valence-corrected chi connectivity index (χ1v) is 11.8. The molecule has 0 atom stereocenters. The second-order valence-corrected chi connectivity index (χ2v) is 8.92. The molecule has 1 aliphatic carbocycles. The van der Waals surface area contributed by atoms with Crippen LogP contribution in [0.1, 0.15) is 70.6 Å². The number of hydrogen-bond donors (Lipinski definition) is 0. The Labute approximate surface area is 180 Å². The lowest BCUT2D eigenvalue weighted by Gasteiger charge is -2.40. The number of hydrogen-bond acceptors (Lipinski definition) is 2. The van der Waals surface area contributed by atoms with Gasteiger partial charge in [-0.1, -0.05) is 87.4 Å². The minimum atomic E-state index is -0.365. The maximum absolute atomic E-state index is 6.84. The van der Waals surface area contributed by atoms with Crippen molar-refractivity contribution in [2.45, 2.75) is 76.4 Å². The standard InChI is InChI=1S/C27H32N2O/c1-2-4-6-13-19-27(20-14-7-5-3-1)29-25(23-17-11-12-18-26(23)30-27)21-24(28-29)22-15-9-8-10-16-22/h8-12,15-18,21H,1-7,13-14,19-20H2. The highest BCUT2D eigenvalue weighted by Crippen LogP contribution is 2.46. The highest BCUT2D eigenvalue weighted by molar-refractivity contribution is 5.74. The van der Waals surface area contributed by atoms with Crippen LogP contribution >= 0.6 is 0 Å². The maximum Gasteiger partial charge on any atom is 0.202 e. The van der Waals surface area contributed by atoms with E-state index in [-0.39, 0.29) is 5.72 Å². The van der Waals surface area contributed by atoms with Crippen LogP contribution in [0, 0.1) is 0 Å². The molecule has 2 aliphatic rings. The molecule has 5 rings (SSSR count). The summed E-state index contributed by atoms with van der Waals surface area (Å²) in [6.45, 7) is 0. The van der Waals surface area contributed by atoms with Gasteiger partial charge in [-0.2, -0.15) is 5.10 Å². The Kier molecular flexibility index (Phi) is 5.61. The van der Waals surface area contributed by atoms with E-state index in [4.69, 9.17) is 9.84 Å². The first kappa shape index (κ1) is 19.4. The van der Waals surface area contributed by atoms with E-state index in [1.165, 1.54) is 69.0 Å². The molecule has 0 bridgehead atoms. The second kappa shape index (κ2) is 8.67. The molecule has 1 aromatic heterocycles. The Morgan fingerprint density at radius 3 is 2.00 bits per heavy atom. The normalized spacial score (nSPS) is 19.1. The summed E-state index contributed by atoms with van der Waals surface area (Å²) in [5.41, 5.74) is 4.19. The van der Waals surface area contributed by atoms with Crippen molar-refractivity contribution in [3.05, 3.63) is 60.7 Å². The van der Waals surface area contributed by atoms with Crippen LogP contribution in [-0.4, -0.2) is 9.78 Å². The molecule has 1 spiro atoms. The molecule has 2 heterocycles. The molecule has 156 valence electrons. The highest BCUT2D eigenvalue weighted by Gasteiger charge is 2.41. The van der Waals surface area contributed by atoms with E-state index in [2.05, 4.69) is 65.3 Å². The average Bonchev–Trinajstić information content (AvgIpc) is 3.24. The van der Waals surface area contributed by atoms with Crippen molar-refractivity contribution < 1.29 is 4.74 Å². The molecule has 3 nitrogen and oxygen atoms in total. The first-order valence-electron chi connectivity index (χ1n) is 11.8. The fourth-order valence-electron chi connectivity index (χ4n) is 5.13. The highest BCUT2D eigenvalue weighted by atomic mass is 16.5. The number of fused-ring (bicyclic) bond motifs is 4. The largest absolute Gasteiger partial charge is 0.465 e. The first-order chi connectivity index (χ1) is 14.9. The van der Waals surface area contributed by atoms with Gasteiger partial charge in [0, 0.05) is 24.0 Å². The van der Waals surface area contributed by atoms with Crippen LogP contribution in [0.3, 0.4) is 0 Å². The van der Waals surface area contributed by atoms with Crippen LogP contribution in [0.5, 0.6) is 5.75 Å². The third kappa shape index (κ3) is 3.78. The van der Waals surface area contributed by atoms with Gasteiger partial charge in [0.05, 0.1) is 11.4 Å². The van der Waals surface area contributed by atoms with Gasteiger partial charge < -0.3 is 4.74 Å². The third-order valence-electron chi connectivity index (χ3n) is 6.76. The number of ether oxygens (including phenoxy) is 1. The van der Waals surface area contributed by atoms with Gasteiger partial charge in [-0.25, -0.2) is 4.68 Å². The summed E-state index contributed by atoms with van der Waals surface area (Å²) in [4.78, 5) is 0. The van der Waals surface area contributed by atoms with E-state index >= 15 is 0 Å². The van der Waals surface area contributed by atoms with E-state index in [9.17, 15) is 0 Å². The van der Waals surface area contributed by atoms with Gasteiger partial charge in [0.15, 0.2) is 0 Å². The molecule has 1 saturated carbocycles. The summed E-state index contributed by atoms with van der Waals surface area (Å²) in [5.74, 6) is 1.01. The minimum absolute atomic E-state index is 0.365. The van der Waals surface area contributed by atoms with E-state index in [0.717, 1.165) is 29.8 Å². The van der Waals surface area contributed by atoms with Crippen LogP contribution in [-0.2, 0) is 5.72 Å². The van der Waals surface area contributed by atoms with Crippen molar-refractivity contribution >= 4 is 0 Å². The van der Waals surface area contributed by atoms with Crippen molar-refractivity contribution in [1.29, 1.82) is 0 Å². The Hall–Kier alpha value is -2.55. The molecule has 0 saturated heterocycles. The van der Waals surface area contributed by atoms with E-state index in [0.29, 0.717) is 0 Å². The van der Waals surface area contributed by atoms with Gasteiger partial charge in [0.25, 0.3) is 0 Å². The van der Waals surface area contributed by atoms with Crippen LogP contribution in [0.25, 0.3) is 22.5 Å². The number of benzene rings is 2. The SMILES string of the molecule is c1ccc(-c2cc3n(n2)C2(CCCCCCCCCCC2)Oc2ccccc2-3)cc1. The molecule has 3 heteroatoms. The van der Waals surface area contributed by atoms with Crippen molar-refractivity contribution in [2.24, 2.45) is 0 Å². The summed E-state index contributed by atoms with van der Waals surface area (Å²) < 4.78 is 9.08. The lowest BCUT2D eigenvalue weighted by molar-refractivity contribution is -0.0451. The lowest BCUT2D eigenvalue weighted by Crippen LogP contribution is -2.43. The minimum Gasteiger partial charge on any atom is -0.465 e. The average molecular weight is 401 g/mol. The smallest absolute Gasteiger partial charge is 0.202 e. The van der Waals surface area contributed by atoms with Crippen molar-refractivity contribution in [1.82, 2.24) is 9.78 Å². The van der Waals surface area contributed by atoms with Gasteiger partial charge in [-0.05, 0) is 31.0 Å². The van der Waals surface area contributed by atoms with Crippen LogP contribution < -0.4 is 4.74 Å². The molecule has 0 amide bonds. The molecular formula is C27H32N2O. The van der Waals surface area contributed by atoms with Crippen LogP contribution in [0.2, 0.25) is 0 Å². The van der Waals surface area contributed by atoms with Gasteiger partial charge >= 0.3 is 0 Å². The topological polar surface area (TPSA) is 27.1 Å². The summed E-state index contributed by atoms with van der Waals surface area (Å²) in [7, 11) is 0. The zero-order valence-electron chi connectivity index (χ0n) is 17.9. The summed E-state index contributed by atoms with van der Waals surface area (Å²) >= 11 is 0. The fraction of sp³-hybridized carbons (Fsp3) is 0.444. The number of nitrogens with zero attached hydrogens (tertiary/aromatic N) is 2. The summed E-state index contributed by atoms with van der Waals surface area (Å²) in [5, 5.41) is 5.16. The zero-order chi connectivity index (χ0) is 20.2. The second-order valence-electron chi connectivity index (χ2n) is 8.92.